The summed E-state index contributed by atoms with van der Waals surface area (Å²) in [5.74, 6) is -5.87. The fourth-order valence-electron chi connectivity index (χ4n) is 2.80. The molecule has 0 aliphatic rings. The number of nitro groups is 1. The van der Waals surface area contributed by atoms with Crippen LogP contribution in [-0.4, -0.2) is 60.4 Å². The van der Waals surface area contributed by atoms with E-state index in [2.05, 4.69) is 4.74 Å². The van der Waals surface area contributed by atoms with Crippen LogP contribution in [0.3, 0.4) is 0 Å². The van der Waals surface area contributed by atoms with Crippen LogP contribution in [0.4, 0.5) is 18.9 Å². The number of benzene rings is 2. The second kappa shape index (κ2) is 14.4. The van der Waals surface area contributed by atoms with Crippen molar-refractivity contribution in [3.63, 3.8) is 0 Å². The molecule has 0 spiro atoms. The normalized spacial score (nSPS) is 12.4. The Hall–Kier alpha value is -1.86. The van der Waals surface area contributed by atoms with Crippen molar-refractivity contribution < 1.29 is 59.7 Å². The first-order valence-electron chi connectivity index (χ1n) is 10.4. The molecule has 0 aliphatic carbocycles. The topological polar surface area (TPSA) is 176 Å². The zero-order chi connectivity index (χ0) is 30.4. The van der Waals surface area contributed by atoms with Gasteiger partial charge in [-0.2, -0.15) is 21.6 Å². The highest BCUT2D eigenvalue weighted by molar-refractivity contribution is 14.1. The highest BCUT2D eigenvalue weighted by atomic mass is 127. The maximum Gasteiger partial charge on any atom is 0.426 e. The van der Waals surface area contributed by atoms with Crippen LogP contribution in [0.15, 0.2) is 30.3 Å². The van der Waals surface area contributed by atoms with Gasteiger partial charge in [-0.3, -0.25) is 19.5 Å². The maximum absolute atomic E-state index is 12.8. The number of rotatable bonds is 11. The third-order valence-corrected chi connectivity index (χ3v) is 8.96. The van der Waals surface area contributed by atoms with Crippen molar-refractivity contribution >= 4 is 101 Å². The minimum absolute atomic E-state index is 0.135. The lowest BCUT2D eigenvalue weighted by Crippen LogP contribution is -2.39. The fourth-order valence-corrected chi connectivity index (χ4v) is 5.82. The Labute approximate surface area is 264 Å². The molecule has 2 aromatic rings. The van der Waals surface area contributed by atoms with Crippen LogP contribution < -0.4 is 4.74 Å². The van der Waals surface area contributed by atoms with Crippen molar-refractivity contribution in [1.82, 2.24) is 0 Å². The van der Waals surface area contributed by atoms with Gasteiger partial charge >= 0.3 is 29.8 Å². The summed E-state index contributed by atoms with van der Waals surface area (Å²) in [5, 5.41) is 11.4. The first-order chi connectivity index (χ1) is 18.4. The molecule has 0 aromatic heterocycles. The Balaban J connectivity index is 2.06. The fraction of sp³-hybridized carbons (Fsp3) is 0.286. The molecular weight excluding hydrogens is 912 g/mol. The van der Waals surface area contributed by atoms with Gasteiger partial charge in [0.1, 0.15) is 5.75 Å². The zero-order valence-corrected chi connectivity index (χ0v) is 26.7. The van der Waals surface area contributed by atoms with Crippen molar-refractivity contribution in [2.75, 3.05) is 12.4 Å². The van der Waals surface area contributed by atoms with Gasteiger partial charge in [0.2, 0.25) is 11.9 Å². The molecule has 0 bridgehead atoms. The molecule has 40 heavy (non-hydrogen) atoms. The standard InChI is InChI=1S/C21H15F3I3NO11S/c22-21(23,24)16(9-40(34,35)36)39-17(29)2-1-5-37-19(30)10-3-4-14(28(32)33)15(6-10)38-20(31)12-7-11(25)8-13(26)18(12)27/h3-4,6-8,16H,1-2,5,9H2,(H,34,35,36). The van der Waals surface area contributed by atoms with Gasteiger partial charge in [0.15, 0.2) is 0 Å². The molecule has 1 N–H and O–H groups in total. The Bertz CT molecular complexity index is 1430. The molecule has 0 saturated heterocycles. The number of carbonyl (C=O) groups excluding carboxylic acids is 3. The SMILES string of the molecule is O=C(CCCOC(=O)c1ccc([N+](=O)[O-])c(OC(=O)c2cc(I)cc(I)c2I)c1)OC(CS(=O)(=O)O)C(F)(F)F. The van der Waals surface area contributed by atoms with E-state index in [4.69, 9.17) is 14.0 Å². The Morgan fingerprint density at radius 2 is 1.73 bits per heavy atom. The van der Waals surface area contributed by atoms with Gasteiger partial charge in [0, 0.05) is 29.3 Å². The number of carbonyl (C=O) groups is 3. The molecule has 12 nitrogen and oxygen atoms in total. The average molecular weight is 927 g/mol. The average Bonchev–Trinajstić information content (AvgIpc) is 2.81. The van der Waals surface area contributed by atoms with E-state index in [1.807, 2.05) is 67.8 Å². The predicted octanol–water partition coefficient (Wildman–Crippen LogP) is 4.93. The van der Waals surface area contributed by atoms with Gasteiger partial charge in [-0.05, 0) is 92.4 Å². The molecule has 218 valence electrons. The van der Waals surface area contributed by atoms with E-state index in [-0.39, 0.29) is 17.5 Å². The Kier molecular flexibility index (Phi) is 12.3. The van der Waals surface area contributed by atoms with Crippen LogP contribution >= 0.6 is 67.8 Å². The van der Waals surface area contributed by atoms with Crippen molar-refractivity contribution in [2.45, 2.75) is 25.1 Å². The number of esters is 3. The third kappa shape index (κ3) is 10.5. The lowest BCUT2D eigenvalue weighted by atomic mass is 10.2. The zero-order valence-electron chi connectivity index (χ0n) is 19.4. The van der Waals surface area contributed by atoms with Crippen LogP contribution in [0, 0.1) is 20.8 Å². The number of hydrogen-bond donors (Lipinski definition) is 1. The molecule has 1 unspecified atom stereocenters. The predicted molar refractivity (Wildman–Crippen MR) is 155 cm³/mol. The summed E-state index contributed by atoms with van der Waals surface area (Å²) in [6.07, 6.45) is -9.39. The number of ether oxygens (including phenoxy) is 3. The van der Waals surface area contributed by atoms with Crippen LogP contribution in [0.1, 0.15) is 33.6 Å². The molecule has 2 rings (SSSR count). The molecule has 0 heterocycles. The summed E-state index contributed by atoms with van der Waals surface area (Å²) in [6.45, 7) is -0.506. The Morgan fingerprint density at radius 3 is 2.30 bits per heavy atom. The number of halogens is 6. The third-order valence-electron chi connectivity index (χ3n) is 4.57. The molecule has 19 heteroatoms. The van der Waals surface area contributed by atoms with Crippen molar-refractivity contribution in [2.24, 2.45) is 0 Å². The highest BCUT2D eigenvalue weighted by Gasteiger charge is 2.45. The summed E-state index contributed by atoms with van der Waals surface area (Å²) in [5.41, 5.74) is -0.754. The largest absolute Gasteiger partial charge is 0.462 e. The minimum atomic E-state index is -5.26. The van der Waals surface area contributed by atoms with Crippen molar-refractivity contribution in [3.8, 4) is 5.75 Å². The van der Waals surface area contributed by atoms with E-state index in [0.717, 1.165) is 21.8 Å². The lowest BCUT2D eigenvalue weighted by Gasteiger charge is -2.19. The van der Waals surface area contributed by atoms with Gasteiger partial charge in [0.05, 0.1) is 22.7 Å². The van der Waals surface area contributed by atoms with E-state index in [0.29, 0.717) is 7.14 Å². The first-order valence-corrected chi connectivity index (χ1v) is 15.3. The van der Waals surface area contributed by atoms with Crippen LogP contribution in [-0.2, 0) is 24.4 Å². The van der Waals surface area contributed by atoms with Gasteiger partial charge < -0.3 is 14.2 Å². The quantitative estimate of drug-likeness (QED) is 0.0473. The molecule has 0 radical (unpaired) electrons. The van der Waals surface area contributed by atoms with E-state index in [9.17, 15) is 46.1 Å². The summed E-state index contributed by atoms with van der Waals surface area (Å²) < 4.78 is 84.8. The van der Waals surface area contributed by atoms with E-state index < -0.39 is 75.4 Å². The van der Waals surface area contributed by atoms with Gasteiger partial charge in [0.25, 0.3) is 10.1 Å². The van der Waals surface area contributed by atoms with Gasteiger partial charge in [-0.15, -0.1) is 0 Å². The highest BCUT2D eigenvalue weighted by Crippen LogP contribution is 2.31. The van der Waals surface area contributed by atoms with E-state index in [1.54, 1.807) is 6.07 Å². The summed E-state index contributed by atoms with van der Waals surface area (Å²) >= 11 is 5.89. The van der Waals surface area contributed by atoms with E-state index in [1.165, 1.54) is 6.07 Å². The molecule has 0 saturated carbocycles. The van der Waals surface area contributed by atoms with Crippen LogP contribution in [0.25, 0.3) is 0 Å². The minimum Gasteiger partial charge on any atom is -0.462 e. The molecule has 0 amide bonds. The Morgan fingerprint density at radius 1 is 1.07 bits per heavy atom. The number of nitrogens with zero attached hydrogens (tertiary/aromatic N) is 1. The summed E-state index contributed by atoms with van der Waals surface area (Å²) in [7, 11) is -5.10. The van der Waals surface area contributed by atoms with Gasteiger partial charge in [-0.25, -0.2) is 9.59 Å². The molecule has 0 fully saturated rings. The van der Waals surface area contributed by atoms with Gasteiger partial charge in [-0.1, -0.05) is 0 Å². The summed E-state index contributed by atoms with van der Waals surface area (Å²) in [4.78, 5) is 47.4. The second-order valence-electron chi connectivity index (χ2n) is 7.59. The smallest absolute Gasteiger partial charge is 0.426 e. The van der Waals surface area contributed by atoms with Crippen molar-refractivity contribution in [1.29, 1.82) is 0 Å². The molecular formula is C21H15F3I3NO11S. The second-order valence-corrected chi connectivity index (χ2v) is 12.6. The number of hydrogen-bond acceptors (Lipinski definition) is 10. The van der Waals surface area contributed by atoms with Crippen LogP contribution in [0.2, 0.25) is 0 Å². The number of nitro benzene ring substituents is 1. The summed E-state index contributed by atoms with van der Waals surface area (Å²) in [6, 6.07) is 6.15. The van der Waals surface area contributed by atoms with Crippen LogP contribution in [0.5, 0.6) is 5.75 Å². The van der Waals surface area contributed by atoms with E-state index >= 15 is 0 Å². The number of alkyl halides is 3. The molecule has 1 atom stereocenters. The maximum atomic E-state index is 12.8. The van der Waals surface area contributed by atoms with Crippen molar-refractivity contribution in [3.05, 3.63) is 62.3 Å². The first kappa shape index (κ1) is 34.3. The molecule has 0 aliphatic heterocycles. The lowest BCUT2D eigenvalue weighted by molar-refractivity contribution is -0.385. The molecule has 2 aromatic carbocycles. The monoisotopic (exact) mass is 927 g/mol.